The molecule has 0 aliphatic carbocycles. The maximum absolute atomic E-state index is 11.8. The summed E-state index contributed by atoms with van der Waals surface area (Å²) < 4.78 is 1.22. The summed E-state index contributed by atoms with van der Waals surface area (Å²) in [6.45, 7) is 3.27. The van der Waals surface area contributed by atoms with E-state index in [0.717, 1.165) is 29.6 Å². The second-order valence-corrected chi connectivity index (χ2v) is 7.62. The third-order valence-corrected chi connectivity index (χ3v) is 6.19. The Morgan fingerprint density at radius 2 is 2.00 bits per heavy atom. The van der Waals surface area contributed by atoms with Crippen molar-refractivity contribution in [3.05, 3.63) is 26.4 Å². The van der Waals surface area contributed by atoms with Gasteiger partial charge in [-0.25, -0.2) is 4.79 Å². The predicted octanol–water partition coefficient (Wildman–Crippen LogP) is 1.73. The highest BCUT2D eigenvalue weighted by Crippen LogP contribution is 2.34. The molecule has 0 radical (unpaired) electrons. The van der Waals surface area contributed by atoms with Gasteiger partial charge in [-0.3, -0.25) is 9.78 Å². The van der Waals surface area contributed by atoms with Gasteiger partial charge in [0.2, 0.25) is 0 Å². The molecular weight excluding hydrogens is 320 g/mol. The summed E-state index contributed by atoms with van der Waals surface area (Å²) in [7, 11) is 0. The number of thiophene rings is 1. The first-order chi connectivity index (χ1) is 10.7. The highest BCUT2D eigenvalue weighted by Gasteiger charge is 2.17. The van der Waals surface area contributed by atoms with E-state index in [2.05, 4.69) is 20.9 Å². The van der Waals surface area contributed by atoms with Gasteiger partial charge in [0, 0.05) is 12.3 Å². The Labute approximate surface area is 135 Å². The molecule has 0 unspecified atom stereocenters. The predicted molar refractivity (Wildman–Crippen MR) is 88.8 cm³/mol. The van der Waals surface area contributed by atoms with Gasteiger partial charge in [0.15, 0.2) is 0 Å². The minimum atomic E-state index is -0.573. The van der Waals surface area contributed by atoms with E-state index in [1.54, 1.807) is 11.8 Å². The quantitative estimate of drug-likeness (QED) is 0.830. The molecule has 2 aromatic heterocycles. The molecule has 2 aromatic rings. The van der Waals surface area contributed by atoms with Crippen molar-refractivity contribution in [3.8, 4) is 6.07 Å². The van der Waals surface area contributed by atoms with Gasteiger partial charge in [-0.2, -0.15) is 5.26 Å². The zero-order valence-corrected chi connectivity index (χ0v) is 13.6. The van der Waals surface area contributed by atoms with Crippen LogP contribution in [0.2, 0.25) is 0 Å². The molecule has 3 rings (SSSR count). The van der Waals surface area contributed by atoms with Gasteiger partial charge >= 0.3 is 5.69 Å². The number of thioether (sulfide) groups is 1. The summed E-state index contributed by atoms with van der Waals surface area (Å²) in [6.07, 6.45) is 3.83. The monoisotopic (exact) mass is 336 g/mol. The molecule has 22 heavy (non-hydrogen) atoms. The first kappa shape index (κ1) is 15.3. The maximum atomic E-state index is 11.8. The number of H-pyrrole nitrogens is 2. The molecule has 1 aliphatic heterocycles. The molecule has 0 bridgehead atoms. The summed E-state index contributed by atoms with van der Waals surface area (Å²) in [5.74, 6) is 0.879. The molecule has 1 saturated heterocycles. The van der Waals surface area contributed by atoms with Crippen LogP contribution in [0.4, 0.5) is 0 Å². The zero-order valence-electron chi connectivity index (χ0n) is 12.0. The molecule has 116 valence electrons. The van der Waals surface area contributed by atoms with Crippen LogP contribution in [0.25, 0.3) is 10.2 Å². The summed E-state index contributed by atoms with van der Waals surface area (Å²) >= 11 is 2.86. The van der Waals surface area contributed by atoms with Crippen molar-refractivity contribution in [1.82, 2.24) is 14.9 Å². The third kappa shape index (κ3) is 3.11. The van der Waals surface area contributed by atoms with Crippen LogP contribution in [-0.2, 0) is 0 Å². The second-order valence-electron chi connectivity index (χ2n) is 5.24. The Kier molecular flexibility index (Phi) is 4.66. The highest BCUT2D eigenvalue weighted by molar-refractivity contribution is 8.01. The fourth-order valence-corrected chi connectivity index (χ4v) is 5.04. The van der Waals surface area contributed by atoms with Gasteiger partial charge in [-0.1, -0.05) is 6.42 Å². The standard InChI is InChI=1S/C14H16N4O2S2/c15-8-9-10-11(12(19)17-14(20)16-10)22-13(9)21-7-6-18-4-2-1-3-5-18/h1-7H2,(H2,16,17,19,20). The van der Waals surface area contributed by atoms with Crippen LogP contribution in [0.15, 0.2) is 13.8 Å². The molecule has 1 aliphatic rings. The van der Waals surface area contributed by atoms with Gasteiger partial charge in [0.05, 0.1) is 9.73 Å². The van der Waals surface area contributed by atoms with Crippen LogP contribution in [-0.4, -0.2) is 40.3 Å². The first-order valence-electron chi connectivity index (χ1n) is 7.23. The molecule has 0 saturated carbocycles. The minimum absolute atomic E-state index is 0.363. The van der Waals surface area contributed by atoms with Crippen LogP contribution in [0.5, 0.6) is 0 Å². The third-order valence-electron chi connectivity index (χ3n) is 3.75. The number of fused-ring (bicyclic) bond motifs is 1. The molecule has 6 nitrogen and oxygen atoms in total. The van der Waals surface area contributed by atoms with Crippen molar-refractivity contribution in [2.24, 2.45) is 0 Å². The van der Waals surface area contributed by atoms with Crippen molar-refractivity contribution >= 4 is 33.3 Å². The average molecular weight is 336 g/mol. The van der Waals surface area contributed by atoms with Crippen molar-refractivity contribution in [2.75, 3.05) is 25.4 Å². The summed E-state index contributed by atoms with van der Waals surface area (Å²) in [6, 6.07) is 2.11. The van der Waals surface area contributed by atoms with Gasteiger partial charge in [-0.05, 0) is 25.9 Å². The topological polar surface area (TPSA) is 92.8 Å². The van der Waals surface area contributed by atoms with Crippen LogP contribution >= 0.6 is 23.1 Å². The van der Waals surface area contributed by atoms with E-state index in [-0.39, 0.29) is 0 Å². The maximum Gasteiger partial charge on any atom is 0.326 e. The largest absolute Gasteiger partial charge is 0.326 e. The van der Waals surface area contributed by atoms with Gasteiger partial charge in [0.1, 0.15) is 16.3 Å². The normalized spacial score (nSPS) is 16.0. The molecule has 0 aromatic carbocycles. The lowest BCUT2D eigenvalue weighted by atomic mass is 10.1. The van der Waals surface area contributed by atoms with E-state index in [9.17, 15) is 14.9 Å². The van der Waals surface area contributed by atoms with Crippen LogP contribution < -0.4 is 11.2 Å². The van der Waals surface area contributed by atoms with Crippen molar-refractivity contribution < 1.29 is 0 Å². The Morgan fingerprint density at radius 1 is 1.23 bits per heavy atom. The number of aromatic nitrogens is 2. The molecule has 8 heteroatoms. The lowest BCUT2D eigenvalue weighted by Gasteiger charge is -2.25. The molecule has 1 fully saturated rings. The Morgan fingerprint density at radius 3 is 2.73 bits per heavy atom. The molecule has 2 N–H and O–H groups in total. The van der Waals surface area contributed by atoms with Gasteiger partial charge in [0.25, 0.3) is 5.56 Å². The summed E-state index contributed by atoms with van der Waals surface area (Å²) in [5.41, 5.74) is -0.228. The SMILES string of the molecule is N#Cc1c(SCCN2CCCCC2)sc2c(=O)[nH]c(=O)[nH]c12. The number of rotatable bonds is 4. The molecule has 0 atom stereocenters. The number of hydrogen-bond donors (Lipinski definition) is 2. The Hall–Kier alpha value is -1.56. The second kappa shape index (κ2) is 6.69. The van der Waals surface area contributed by atoms with Crippen LogP contribution in [0, 0.1) is 11.3 Å². The van der Waals surface area contributed by atoms with E-state index in [4.69, 9.17) is 0 Å². The number of nitriles is 1. The summed E-state index contributed by atoms with van der Waals surface area (Å²) in [5, 5.41) is 9.33. The highest BCUT2D eigenvalue weighted by atomic mass is 32.2. The van der Waals surface area contributed by atoms with E-state index < -0.39 is 11.2 Å². The van der Waals surface area contributed by atoms with E-state index in [0.29, 0.717) is 15.8 Å². The summed E-state index contributed by atoms with van der Waals surface area (Å²) in [4.78, 5) is 30.4. The Balaban J connectivity index is 1.79. The first-order valence-corrected chi connectivity index (χ1v) is 9.03. The average Bonchev–Trinajstić information content (AvgIpc) is 2.86. The van der Waals surface area contributed by atoms with Crippen molar-refractivity contribution in [3.63, 3.8) is 0 Å². The molecule has 0 spiro atoms. The van der Waals surface area contributed by atoms with Gasteiger partial charge in [-0.15, -0.1) is 23.1 Å². The minimum Gasteiger partial charge on any atom is -0.305 e. The van der Waals surface area contributed by atoms with E-state index in [1.165, 1.54) is 30.6 Å². The molecule has 0 amide bonds. The number of nitrogens with zero attached hydrogens (tertiary/aromatic N) is 2. The van der Waals surface area contributed by atoms with E-state index >= 15 is 0 Å². The van der Waals surface area contributed by atoms with Crippen LogP contribution in [0.3, 0.4) is 0 Å². The Bertz CT molecular complexity index is 824. The van der Waals surface area contributed by atoms with Crippen LogP contribution in [0.1, 0.15) is 24.8 Å². The number of likely N-dealkylation sites (tertiary alicyclic amines) is 1. The molecule has 3 heterocycles. The van der Waals surface area contributed by atoms with Crippen molar-refractivity contribution in [1.29, 1.82) is 5.26 Å². The fourth-order valence-electron chi connectivity index (χ4n) is 2.65. The number of piperidine rings is 1. The lowest BCUT2D eigenvalue weighted by Crippen LogP contribution is -2.31. The lowest BCUT2D eigenvalue weighted by molar-refractivity contribution is 0.242. The number of aromatic amines is 2. The molecular formula is C14H16N4O2S2. The number of nitrogens with one attached hydrogen (secondary N) is 2. The van der Waals surface area contributed by atoms with E-state index in [1.807, 2.05) is 0 Å². The zero-order chi connectivity index (χ0) is 15.5. The fraction of sp³-hybridized carbons (Fsp3) is 0.500. The van der Waals surface area contributed by atoms with Crippen molar-refractivity contribution in [2.45, 2.75) is 23.5 Å². The number of hydrogen-bond acceptors (Lipinski definition) is 6. The smallest absolute Gasteiger partial charge is 0.305 e. The van der Waals surface area contributed by atoms with Gasteiger partial charge < -0.3 is 9.88 Å².